The summed E-state index contributed by atoms with van der Waals surface area (Å²) in [6, 6.07) is 7.85. The number of benzene rings is 1. The van der Waals surface area contributed by atoms with Gasteiger partial charge in [-0.15, -0.1) is 0 Å². The van der Waals surface area contributed by atoms with Crippen molar-refractivity contribution < 1.29 is 39.5 Å². The average molecular weight is 184 g/mol. The quantitative estimate of drug-likeness (QED) is 0.441. The van der Waals surface area contributed by atoms with Crippen LogP contribution in [0.15, 0.2) is 24.3 Å². The Balaban J connectivity index is 0.000000845. The number of carboxylic acid groups (broad SMARTS) is 1. The summed E-state index contributed by atoms with van der Waals surface area (Å²) in [6.45, 7) is 0. The van der Waals surface area contributed by atoms with Gasteiger partial charge < -0.3 is 9.90 Å². The van der Waals surface area contributed by atoms with Crippen molar-refractivity contribution in [2.24, 2.45) is 5.92 Å². The fourth-order valence-corrected chi connectivity index (χ4v) is 1.73. The van der Waals surface area contributed by atoms with Gasteiger partial charge in [0.2, 0.25) is 0 Å². The molecule has 2 nitrogen and oxygen atoms in total. The van der Waals surface area contributed by atoms with Crippen molar-refractivity contribution in [1.29, 1.82) is 0 Å². The van der Waals surface area contributed by atoms with Gasteiger partial charge in [0, 0.05) is 11.9 Å². The number of carboxylic acids is 1. The molecule has 0 spiro atoms. The number of aliphatic carboxylic acids is 1. The monoisotopic (exact) mass is 184 g/mol. The van der Waals surface area contributed by atoms with Gasteiger partial charge in [-0.3, -0.25) is 0 Å². The van der Waals surface area contributed by atoms with Crippen LogP contribution in [0, 0.1) is 5.92 Å². The summed E-state index contributed by atoms with van der Waals surface area (Å²) in [6.07, 6.45) is 1.27. The van der Waals surface area contributed by atoms with E-state index in [0.717, 1.165) is 11.1 Å². The summed E-state index contributed by atoms with van der Waals surface area (Å²) >= 11 is 0. The number of hydrogen-bond acceptors (Lipinski definition) is 2. The largest absolute Gasteiger partial charge is 1.00 e. The smallest absolute Gasteiger partial charge is 0.550 e. The van der Waals surface area contributed by atoms with Crippen LogP contribution < -0.4 is 34.7 Å². The molecule has 1 aliphatic rings. The van der Waals surface area contributed by atoms with Crippen LogP contribution in [0.3, 0.4) is 0 Å². The van der Waals surface area contributed by atoms with Crippen LogP contribution in [-0.4, -0.2) is 5.97 Å². The minimum absolute atomic E-state index is 0. The molecule has 0 atom stereocenters. The van der Waals surface area contributed by atoms with Gasteiger partial charge in [0.15, 0.2) is 0 Å². The molecule has 0 heterocycles. The summed E-state index contributed by atoms with van der Waals surface area (Å²) in [7, 11) is 0. The fourth-order valence-electron chi connectivity index (χ4n) is 1.73. The van der Waals surface area contributed by atoms with Crippen molar-refractivity contribution >= 4 is 5.97 Å². The standard InChI is InChI=1S/C10H10O2.Na/c11-10(12)9-5-7-3-1-2-4-8(7)6-9;/h1-4,9H,5-6H2,(H,11,12);/q;+1/p-1. The maximum atomic E-state index is 10.6. The van der Waals surface area contributed by atoms with Gasteiger partial charge in [0.25, 0.3) is 0 Å². The molecule has 3 heteroatoms. The third-order valence-electron chi connectivity index (χ3n) is 2.38. The summed E-state index contributed by atoms with van der Waals surface area (Å²) in [5, 5.41) is 10.6. The molecule has 13 heavy (non-hydrogen) atoms. The van der Waals surface area contributed by atoms with Crippen molar-refractivity contribution in [2.45, 2.75) is 12.8 Å². The second-order valence-corrected chi connectivity index (χ2v) is 3.19. The van der Waals surface area contributed by atoms with E-state index in [-0.39, 0.29) is 35.5 Å². The summed E-state index contributed by atoms with van der Waals surface area (Å²) in [5.41, 5.74) is 2.32. The first kappa shape index (κ1) is 10.8. The van der Waals surface area contributed by atoms with Gasteiger partial charge in [-0.05, 0) is 24.0 Å². The van der Waals surface area contributed by atoms with Crippen molar-refractivity contribution in [1.82, 2.24) is 0 Å². The molecule has 2 rings (SSSR count). The van der Waals surface area contributed by atoms with E-state index >= 15 is 0 Å². The number of rotatable bonds is 1. The van der Waals surface area contributed by atoms with Crippen LogP contribution in [-0.2, 0) is 17.6 Å². The number of hydrogen-bond donors (Lipinski definition) is 0. The van der Waals surface area contributed by atoms with Gasteiger partial charge in [0.1, 0.15) is 0 Å². The number of fused-ring (bicyclic) bond motifs is 1. The van der Waals surface area contributed by atoms with E-state index in [1.807, 2.05) is 24.3 Å². The van der Waals surface area contributed by atoms with E-state index in [2.05, 4.69) is 0 Å². The van der Waals surface area contributed by atoms with Gasteiger partial charge in [-0.1, -0.05) is 24.3 Å². The van der Waals surface area contributed by atoms with Crippen LogP contribution in [0.1, 0.15) is 11.1 Å². The average Bonchev–Trinajstić information content (AvgIpc) is 2.46. The van der Waals surface area contributed by atoms with Gasteiger partial charge in [-0.2, -0.15) is 0 Å². The first-order valence-corrected chi connectivity index (χ1v) is 4.05. The molecule has 1 aromatic carbocycles. The maximum absolute atomic E-state index is 10.6. The summed E-state index contributed by atoms with van der Waals surface area (Å²) in [4.78, 5) is 10.6. The van der Waals surface area contributed by atoms with Crippen LogP contribution in [0.2, 0.25) is 0 Å². The Bertz CT molecular complexity index is 297. The Morgan fingerprint density at radius 1 is 1.23 bits per heavy atom. The van der Waals surface area contributed by atoms with Crippen molar-refractivity contribution in [3.63, 3.8) is 0 Å². The van der Waals surface area contributed by atoms with E-state index in [1.54, 1.807) is 0 Å². The molecule has 0 saturated carbocycles. The molecule has 0 fully saturated rings. The zero-order chi connectivity index (χ0) is 8.55. The number of carbonyl (C=O) groups is 1. The first-order chi connectivity index (χ1) is 5.77. The first-order valence-electron chi connectivity index (χ1n) is 4.05. The molecule has 1 aliphatic carbocycles. The minimum Gasteiger partial charge on any atom is -0.550 e. The normalized spacial score (nSPS) is 14.8. The second kappa shape index (κ2) is 4.27. The van der Waals surface area contributed by atoms with Crippen LogP contribution in [0.5, 0.6) is 0 Å². The van der Waals surface area contributed by atoms with E-state index in [4.69, 9.17) is 0 Å². The molecule has 0 unspecified atom stereocenters. The molecule has 1 aromatic rings. The maximum Gasteiger partial charge on any atom is 1.00 e. The molecule has 0 N–H and O–H groups in total. The Hall–Kier alpha value is -0.310. The molecule has 0 bridgehead atoms. The summed E-state index contributed by atoms with van der Waals surface area (Å²) in [5.74, 6) is -1.23. The predicted molar refractivity (Wildman–Crippen MR) is 42.3 cm³/mol. The van der Waals surface area contributed by atoms with Gasteiger partial charge in [0.05, 0.1) is 0 Å². The molecule has 0 aromatic heterocycles. The van der Waals surface area contributed by atoms with Gasteiger partial charge in [-0.25, -0.2) is 0 Å². The van der Waals surface area contributed by atoms with E-state index in [0.29, 0.717) is 12.8 Å². The molecule has 0 saturated heterocycles. The van der Waals surface area contributed by atoms with Crippen molar-refractivity contribution in [3.05, 3.63) is 35.4 Å². The molecule has 62 valence electrons. The van der Waals surface area contributed by atoms with Crippen LogP contribution in [0.4, 0.5) is 0 Å². The molecular weight excluding hydrogens is 175 g/mol. The fraction of sp³-hybridized carbons (Fsp3) is 0.300. The third kappa shape index (κ3) is 2.13. The van der Waals surface area contributed by atoms with Crippen LogP contribution in [0.25, 0.3) is 0 Å². The Morgan fingerprint density at radius 3 is 2.08 bits per heavy atom. The Kier molecular flexibility index (Phi) is 3.54. The van der Waals surface area contributed by atoms with Gasteiger partial charge >= 0.3 is 29.6 Å². The molecule has 0 radical (unpaired) electrons. The Morgan fingerprint density at radius 2 is 1.69 bits per heavy atom. The molecular formula is C10H9NaO2. The van der Waals surface area contributed by atoms with Crippen molar-refractivity contribution in [3.8, 4) is 0 Å². The second-order valence-electron chi connectivity index (χ2n) is 3.19. The SMILES string of the molecule is O=C([O-])C1Cc2ccccc2C1.[Na+]. The number of carbonyl (C=O) groups excluding carboxylic acids is 1. The van der Waals surface area contributed by atoms with E-state index in [1.165, 1.54) is 0 Å². The van der Waals surface area contributed by atoms with Crippen molar-refractivity contribution in [2.75, 3.05) is 0 Å². The Labute approximate surface area is 99.3 Å². The topological polar surface area (TPSA) is 40.1 Å². The molecule has 0 amide bonds. The zero-order valence-corrected chi connectivity index (χ0v) is 9.62. The predicted octanol–water partition coefficient (Wildman–Crippen LogP) is -2.84. The van der Waals surface area contributed by atoms with Crippen LogP contribution >= 0.6 is 0 Å². The minimum atomic E-state index is -0.925. The molecule has 0 aliphatic heterocycles. The van der Waals surface area contributed by atoms with E-state index < -0.39 is 5.97 Å². The van der Waals surface area contributed by atoms with E-state index in [9.17, 15) is 9.90 Å². The zero-order valence-electron chi connectivity index (χ0n) is 7.62. The summed E-state index contributed by atoms with van der Waals surface area (Å²) < 4.78 is 0. The third-order valence-corrected chi connectivity index (χ3v) is 2.38.